The molecule has 1 aromatic rings. The van der Waals surface area contributed by atoms with E-state index in [2.05, 4.69) is 0 Å². The molecule has 82 valence electrons. The van der Waals surface area contributed by atoms with Crippen molar-refractivity contribution in [3.8, 4) is 0 Å². The third-order valence-electron chi connectivity index (χ3n) is 2.86. The van der Waals surface area contributed by atoms with Crippen LogP contribution in [0.4, 0.5) is 13.2 Å². The monoisotopic (exact) mass is 215 g/mol. The van der Waals surface area contributed by atoms with Crippen LogP contribution < -0.4 is 5.73 Å². The van der Waals surface area contributed by atoms with Crippen LogP contribution in [-0.2, 0) is 0 Å². The molecule has 0 amide bonds. The maximum Gasteiger partial charge on any atom is 0.397 e. The summed E-state index contributed by atoms with van der Waals surface area (Å²) >= 11 is 0. The normalized spacial score (nSPS) is 21.1. The fourth-order valence-electron chi connectivity index (χ4n) is 1.93. The van der Waals surface area contributed by atoms with Gasteiger partial charge in [-0.2, -0.15) is 13.2 Å². The molecule has 0 heterocycles. The first kappa shape index (κ1) is 10.5. The Morgan fingerprint density at radius 1 is 1.13 bits per heavy atom. The molecule has 1 atom stereocenters. The number of benzene rings is 1. The van der Waals surface area contributed by atoms with Crippen molar-refractivity contribution in [2.45, 2.75) is 30.5 Å². The summed E-state index contributed by atoms with van der Waals surface area (Å²) < 4.78 is 38.6. The lowest BCUT2D eigenvalue weighted by Crippen LogP contribution is -2.39. The quantitative estimate of drug-likeness (QED) is 0.806. The third kappa shape index (κ3) is 2.00. The molecule has 1 nitrogen and oxygen atoms in total. The van der Waals surface area contributed by atoms with Crippen molar-refractivity contribution in [1.29, 1.82) is 0 Å². The summed E-state index contributed by atoms with van der Waals surface area (Å²) in [6, 6.07) is 7.91. The van der Waals surface area contributed by atoms with Gasteiger partial charge in [-0.25, -0.2) is 0 Å². The summed E-state index contributed by atoms with van der Waals surface area (Å²) in [6.45, 7) is 0. The van der Waals surface area contributed by atoms with Gasteiger partial charge < -0.3 is 5.73 Å². The van der Waals surface area contributed by atoms with Gasteiger partial charge in [-0.05, 0) is 18.4 Å². The first-order valence-electron chi connectivity index (χ1n) is 4.84. The van der Waals surface area contributed by atoms with Crippen LogP contribution in [0.15, 0.2) is 30.3 Å². The van der Waals surface area contributed by atoms with Crippen LogP contribution in [0.2, 0.25) is 0 Å². The summed E-state index contributed by atoms with van der Waals surface area (Å²) in [7, 11) is 0. The van der Waals surface area contributed by atoms with E-state index in [1.807, 2.05) is 0 Å². The van der Waals surface area contributed by atoms with Gasteiger partial charge in [0.05, 0.1) is 5.92 Å². The van der Waals surface area contributed by atoms with E-state index >= 15 is 0 Å². The van der Waals surface area contributed by atoms with Gasteiger partial charge in [0.2, 0.25) is 0 Å². The first-order chi connectivity index (χ1) is 6.93. The van der Waals surface area contributed by atoms with Crippen molar-refractivity contribution in [3.05, 3.63) is 35.9 Å². The summed E-state index contributed by atoms with van der Waals surface area (Å²) in [5, 5.41) is 0. The van der Waals surface area contributed by atoms with Crippen LogP contribution in [-0.4, -0.2) is 11.7 Å². The van der Waals surface area contributed by atoms with Gasteiger partial charge in [0, 0.05) is 5.54 Å². The Morgan fingerprint density at radius 3 is 2.07 bits per heavy atom. The molecular formula is C11H12F3N. The molecule has 1 fully saturated rings. The van der Waals surface area contributed by atoms with Gasteiger partial charge in [0.1, 0.15) is 0 Å². The van der Waals surface area contributed by atoms with Crippen molar-refractivity contribution >= 4 is 0 Å². The Balaban J connectivity index is 2.36. The van der Waals surface area contributed by atoms with E-state index in [9.17, 15) is 13.2 Å². The maximum absolute atomic E-state index is 12.9. The Labute approximate surface area is 86.1 Å². The molecule has 0 radical (unpaired) electrons. The predicted molar refractivity (Wildman–Crippen MR) is 51.4 cm³/mol. The molecule has 0 spiro atoms. The molecule has 1 unspecified atom stereocenters. The van der Waals surface area contributed by atoms with Crippen LogP contribution in [0.25, 0.3) is 0 Å². The molecule has 0 bridgehead atoms. The van der Waals surface area contributed by atoms with Gasteiger partial charge in [0.15, 0.2) is 0 Å². The zero-order valence-corrected chi connectivity index (χ0v) is 8.09. The van der Waals surface area contributed by atoms with Crippen LogP contribution in [0.5, 0.6) is 0 Å². The molecule has 0 aromatic heterocycles. The second kappa shape index (κ2) is 3.23. The molecule has 15 heavy (non-hydrogen) atoms. The largest absolute Gasteiger partial charge is 0.397 e. The van der Waals surface area contributed by atoms with Crippen LogP contribution >= 0.6 is 0 Å². The summed E-state index contributed by atoms with van der Waals surface area (Å²) in [5.74, 6) is -1.52. The lowest BCUT2D eigenvalue weighted by molar-refractivity contribution is -0.157. The molecule has 1 saturated carbocycles. The van der Waals surface area contributed by atoms with Gasteiger partial charge >= 0.3 is 6.18 Å². The van der Waals surface area contributed by atoms with Gasteiger partial charge in [-0.1, -0.05) is 30.3 Å². The Bertz CT molecular complexity index is 335. The Hall–Kier alpha value is -1.03. The minimum Gasteiger partial charge on any atom is -0.324 e. The van der Waals surface area contributed by atoms with Gasteiger partial charge in [-0.15, -0.1) is 0 Å². The van der Waals surface area contributed by atoms with E-state index in [-0.39, 0.29) is 5.56 Å². The summed E-state index contributed by atoms with van der Waals surface area (Å²) in [4.78, 5) is 0. The zero-order valence-electron chi connectivity index (χ0n) is 8.09. The molecular weight excluding hydrogens is 203 g/mol. The highest BCUT2D eigenvalue weighted by Crippen LogP contribution is 2.52. The lowest BCUT2D eigenvalue weighted by atomic mass is 9.89. The molecule has 0 saturated heterocycles. The van der Waals surface area contributed by atoms with Gasteiger partial charge in [0.25, 0.3) is 0 Å². The molecule has 2 rings (SSSR count). The fraction of sp³-hybridized carbons (Fsp3) is 0.455. The van der Waals surface area contributed by atoms with E-state index < -0.39 is 17.6 Å². The van der Waals surface area contributed by atoms with Crippen LogP contribution in [0, 0.1) is 0 Å². The highest BCUT2D eigenvalue weighted by molar-refractivity contribution is 5.29. The highest BCUT2D eigenvalue weighted by Gasteiger charge is 2.58. The topological polar surface area (TPSA) is 26.0 Å². The Kier molecular flexibility index (Phi) is 2.26. The van der Waals surface area contributed by atoms with Crippen molar-refractivity contribution in [1.82, 2.24) is 0 Å². The van der Waals surface area contributed by atoms with Gasteiger partial charge in [-0.3, -0.25) is 0 Å². The molecule has 1 aromatic carbocycles. The molecule has 4 heteroatoms. The van der Waals surface area contributed by atoms with E-state index in [1.165, 1.54) is 12.1 Å². The summed E-state index contributed by atoms with van der Waals surface area (Å²) in [5.41, 5.74) is 4.89. The van der Waals surface area contributed by atoms with Crippen LogP contribution in [0.3, 0.4) is 0 Å². The zero-order chi connectivity index (χ0) is 11.1. The molecule has 1 aliphatic rings. The standard InChI is InChI=1S/C11H12F3N/c12-11(13,14)9(10(15)6-7-10)8-4-2-1-3-5-8/h1-5,9H,6-7,15H2. The average Bonchev–Trinajstić information content (AvgIpc) is 2.83. The van der Waals surface area contributed by atoms with Crippen molar-refractivity contribution in [3.63, 3.8) is 0 Å². The first-order valence-corrected chi connectivity index (χ1v) is 4.84. The summed E-state index contributed by atoms with van der Waals surface area (Å²) in [6.07, 6.45) is -3.36. The van der Waals surface area contributed by atoms with E-state index in [0.717, 1.165) is 0 Å². The average molecular weight is 215 g/mol. The number of nitrogens with two attached hydrogens (primary N) is 1. The third-order valence-corrected chi connectivity index (χ3v) is 2.86. The van der Waals surface area contributed by atoms with E-state index in [0.29, 0.717) is 12.8 Å². The van der Waals surface area contributed by atoms with Crippen molar-refractivity contribution < 1.29 is 13.2 Å². The molecule has 0 aliphatic heterocycles. The number of rotatable bonds is 2. The lowest BCUT2D eigenvalue weighted by Gasteiger charge is -2.26. The minimum absolute atomic E-state index is 0.269. The number of hydrogen-bond acceptors (Lipinski definition) is 1. The smallest absolute Gasteiger partial charge is 0.324 e. The van der Waals surface area contributed by atoms with E-state index in [1.54, 1.807) is 18.2 Å². The highest BCUT2D eigenvalue weighted by atomic mass is 19.4. The number of halogens is 3. The molecule has 2 N–H and O–H groups in total. The Morgan fingerprint density at radius 2 is 1.67 bits per heavy atom. The SMILES string of the molecule is NC1(C(c2ccccc2)C(F)(F)F)CC1. The second-order valence-electron chi connectivity index (χ2n) is 4.12. The van der Waals surface area contributed by atoms with Crippen molar-refractivity contribution in [2.24, 2.45) is 5.73 Å². The van der Waals surface area contributed by atoms with Crippen molar-refractivity contribution in [2.75, 3.05) is 0 Å². The second-order valence-corrected chi connectivity index (χ2v) is 4.12. The number of alkyl halides is 3. The predicted octanol–water partition coefficient (Wildman–Crippen LogP) is 2.82. The molecule has 1 aliphatic carbocycles. The fourth-order valence-corrected chi connectivity index (χ4v) is 1.93. The minimum atomic E-state index is -4.26. The van der Waals surface area contributed by atoms with Crippen LogP contribution in [0.1, 0.15) is 24.3 Å². The maximum atomic E-state index is 12.9. The number of hydrogen-bond donors (Lipinski definition) is 1. The van der Waals surface area contributed by atoms with E-state index in [4.69, 9.17) is 5.73 Å².